The third kappa shape index (κ3) is 2.67. The van der Waals surface area contributed by atoms with Gasteiger partial charge in [0.1, 0.15) is 11.4 Å². The van der Waals surface area contributed by atoms with Crippen molar-refractivity contribution in [3.8, 4) is 0 Å². The molecule has 0 saturated carbocycles. The van der Waals surface area contributed by atoms with E-state index >= 15 is 0 Å². The number of rotatable bonds is 3. The number of Topliss-reactive ketones (excluding diaryl/α,β-unsaturated/α-hetero) is 1. The van der Waals surface area contributed by atoms with Crippen LogP contribution in [-0.4, -0.2) is 5.78 Å². The molecular formula is C15H13ClFNO. The van der Waals surface area contributed by atoms with Crippen molar-refractivity contribution in [2.45, 2.75) is 12.5 Å². The summed E-state index contributed by atoms with van der Waals surface area (Å²) in [7, 11) is 0. The second-order valence-corrected chi connectivity index (χ2v) is 4.96. The van der Waals surface area contributed by atoms with Crippen molar-refractivity contribution in [1.29, 1.82) is 0 Å². The maximum absolute atomic E-state index is 13.8. The summed E-state index contributed by atoms with van der Waals surface area (Å²) in [6.45, 7) is 1.57. The topological polar surface area (TPSA) is 43.1 Å². The van der Waals surface area contributed by atoms with E-state index < -0.39 is 17.1 Å². The largest absolute Gasteiger partial charge is 0.315 e. The molecule has 98 valence electrons. The van der Waals surface area contributed by atoms with Crippen LogP contribution in [0.2, 0.25) is 5.02 Å². The number of hydrogen-bond acceptors (Lipinski definition) is 2. The van der Waals surface area contributed by atoms with Crippen LogP contribution >= 0.6 is 11.6 Å². The molecule has 0 fully saturated rings. The molecule has 4 heteroatoms. The summed E-state index contributed by atoms with van der Waals surface area (Å²) in [6.07, 6.45) is 0. The van der Waals surface area contributed by atoms with E-state index in [1.54, 1.807) is 31.2 Å². The van der Waals surface area contributed by atoms with Crippen LogP contribution in [0.15, 0.2) is 48.5 Å². The lowest BCUT2D eigenvalue weighted by Gasteiger charge is -2.24. The van der Waals surface area contributed by atoms with E-state index in [0.29, 0.717) is 5.56 Å². The average Bonchev–Trinajstić information content (AvgIpc) is 2.39. The molecule has 0 bridgehead atoms. The summed E-state index contributed by atoms with van der Waals surface area (Å²) >= 11 is 5.67. The quantitative estimate of drug-likeness (QED) is 0.872. The molecule has 1 unspecified atom stereocenters. The van der Waals surface area contributed by atoms with Crippen LogP contribution in [0.4, 0.5) is 4.39 Å². The SMILES string of the molecule is CC(N)(C(=O)c1ccc(Cl)cc1F)c1ccccc1. The number of carbonyl (C=O) groups excluding carboxylic acids is 1. The van der Waals surface area contributed by atoms with E-state index in [0.717, 1.165) is 6.07 Å². The normalized spacial score (nSPS) is 13.9. The van der Waals surface area contributed by atoms with Gasteiger partial charge in [-0.3, -0.25) is 4.79 Å². The highest BCUT2D eigenvalue weighted by Crippen LogP contribution is 2.25. The first-order valence-electron chi connectivity index (χ1n) is 5.77. The van der Waals surface area contributed by atoms with Crippen LogP contribution in [0.25, 0.3) is 0 Å². The van der Waals surface area contributed by atoms with Crippen molar-refractivity contribution in [1.82, 2.24) is 0 Å². The van der Waals surface area contributed by atoms with Gasteiger partial charge in [-0.15, -0.1) is 0 Å². The summed E-state index contributed by atoms with van der Waals surface area (Å²) < 4.78 is 13.8. The Hall–Kier alpha value is -1.71. The lowest BCUT2D eigenvalue weighted by Crippen LogP contribution is -2.42. The number of nitrogens with two attached hydrogens (primary N) is 1. The van der Waals surface area contributed by atoms with Crippen LogP contribution in [0, 0.1) is 5.82 Å². The number of carbonyl (C=O) groups is 1. The van der Waals surface area contributed by atoms with Crippen LogP contribution in [0.1, 0.15) is 22.8 Å². The van der Waals surface area contributed by atoms with E-state index in [1.807, 2.05) is 6.07 Å². The zero-order valence-electron chi connectivity index (χ0n) is 10.4. The van der Waals surface area contributed by atoms with Crippen molar-refractivity contribution in [2.24, 2.45) is 5.73 Å². The number of hydrogen-bond donors (Lipinski definition) is 1. The van der Waals surface area contributed by atoms with Crippen molar-refractivity contribution in [2.75, 3.05) is 0 Å². The van der Waals surface area contributed by atoms with Crippen LogP contribution in [-0.2, 0) is 5.54 Å². The second kappa shape index (κ2) is 5.11. The van der Waals surface area contributed by atoms with Crippen molar-refractivity contribution >= 4 is 17.4 Å². The monoisotopic (exact) mass is 277 g/mol. The molecule has 19 heavy (non-hydrogen) atoms. The molecule has 0 aliphatic rings. The first-order valence-corrected chi connectivity index (χ1v) is 6.15. The Balaban J connectivity index is 2.43. The molecular weight excluding hydrogens is 265 g/mol. The third-order valence-electron chi connectivity index (χ3n) is 3.02. The highest BCUT2D eigenvalue weighted by Gasteiger charge is 2.32. The standard InChI is InChI=1S/C15H13ClFNO/c1-15(18,10-5-3-2-4-6-10)14(19)12-8-7-11(16)9-13(12)17/h2-9H,18H2,1H3. The molecule has 0 saturated heterocycles. The number of benzene rings is 2. The summed E-state index contributed by atoms with van der Waals surface area (Å²) in [6, 6.07) is 12.8. The fourth-order valence-corrected chi connectivity index (χ4v) is 2.03. The van der Waals surface area contributed by atoms with Crippen LogP contribution < -0.4 is 5.73 Å². The maximum atomic E-state index is 13.8. The molecule has 0 radical (unpaired) electrons. The minimum atomic E-state index is -1.28. The van der Waals surface area contributed by atoms with Gasteiger partial charge >= 0.3 is 0 Å². The first-order chi connectivity index (χ1) is 8.93. The van der Waals surface area contributed by atoms with Crippen LogP contribution in [0.3, 0.4) is 0 Å². The predicted octanol–water partition coefficient (Wildman–Crippen LogP) is 3.54. The number of halogens is 2. The van der Waals surface area contributed by atoms with Gasteiger partial charge in [-0.1, -0.05) is 41.9 Å². The van der Waals surface area contributed by atoms with Gasteiger partial charge in [0.15, 0.2) is 5.78 Å². The van der Waals surface area contributed by atoms with Crippen molar-refractivity contribution in [3.63, 3.8) is 0 Å². The molecule has 0 amide bonds. The third-order valence-corrected chi connectivity index (χ3v) is 3.26. The highest BCUT2D eigenvalue weighted by molar-refractivity contribution is 6.30. The van der Waals surface area contributed by atoms with Gasteiger partial charge in [-0.05, 0) is 30.7 Å². The minimum Gasteiger partial charge on any atom is -0.315 e. The summed E-state index contributed by atoms with van der Waals surface area (Å²) in [5, 5.41) is 0.243. The Morgan fingerprint density at radius 2 is 1.84 bits per heavy atom. The molecule has 2 N–H and O–H groups in total. The van der Waals surface area contributed by atoms with Gasteiger partial charge in [0.05, 0.1) is 5.56 Å². The van der Waals surface area contributed by atoms with Crippen molar-refractivity contribution in [3.05, 3.63) is 70.5 Å². The summed E-state index contributed by atoms with van der Waals surface area (Å²) in [4.78, 5) is 12.4. The minimum absolute atomic E-state index is 0.0572. The van der Waals surface area contributed by atoms with Gasteiger partial charge in [-0.2, -0.15) is 0 Å². The van der Waals surface area contributed by atoms with E-state index in [2.05, 4.69) is 0 Å². The molecule has 0 spiro atoms. The molecule has 1 atom stereocenters. The van der Waals surface area contributed by atoms with Gasteiger partial charge in [0.2, 0.25) is 0 Å². The first kappa shape index (κ1) is 13.7. The zero-order chi connectivity index (χ0) is 14.0. The highest BCUT2D eigenvalue weighted by atomic mass is 35.5. The Kier molecular flexibility index (Phi) is 3.69. The average molecular weight is 278 g/mol. The Morgan fingerprint density at radius 3 is 2.42 bits per heavy atom. The molecule has 2 aromatic rings. The summed E-state index contributed by atoms with van der Waals surface area (Å²) in [5.41, 5.74) is 5.37. The Morgan fingerprint density at radius 1 is 1.21 bits per heavy atom. The van der Waals surface area contributed by atoms with E-state index in [9.17, 15) is 9.18 Å². The molecule has 2 aromatic carbocycles. The molecule has 0 heterocycles. The van der Waals surface area contributed by atoms with E-state index in [1.165, 1.54) is 12.1 Å². The fraction of sp³-hybridized carbons (Fsp3) is 0.133. The predicted molar refractivity (Wildman–Crippen MR) is 73.7 cm³/mol. The van der Waals surface area contributed by atoms with Crippen molar-refractivity contribution < 1.29 is 9.18 Å². The van der Waals surface area contributed by atoms with E-state index in [-0.39, 0.29) is 10.6 Å². The Bertz CT molecular complexity index is 611. The van der Waals surface area contributed by atoms with Gasteiger partial charge in [0, 0.05) is 5.02 Å². The van der Waals surface area contributed by atoms with Gasteiger partial charge in [0.25, 0.3) is 0 Å². The van der Waals surface area contributed by atoms with E-state index in [4.69, 9.17) is 17.3 Å². The smallest absolute Gasteiger partial charge is 0.189 e. The second-order valence-electron chi connectivity index (χ2n) is 4.52. The lowest BCUT2D eigenvalue weighted by atomic mass is 9.85. The molecule has 0 aromatic heterocycles. The van der Waals surface area contributed by atoms with Crippen LogP contribution in [0.5, 0.6) is 0 Å². The molecule has 2 rings (SSSR count). The summed E-state index contributed by atoms with van der Waals surface area (Å²) in [5.74, 6) is -1.14. The Labute approximate surface area is 116 Å². The number of ketones is 1. The lowest BCUT2D eigenvalue weighted by molar-refractivity contribution is 0.0895. The molecule has 0 aliphatic heterocycles. The van der Waals surface area contributed by atoms with Gasteiger partial charge in [-0.25, -0.2) is 4.39 Å². The maximum Gasteiger partial charge on any atom is 0.189 e. The zero-order valence-corrected chi connectivity index (χ0v) is 11.1. The van der Waals surface area contributed by atoms with Gasteiger partial charge < -0.3 is 5.73 Å². The molecule has 2 nitrogen and oxygen atoms in total. The molecule has 0 aliphatic carbocycles. The fourth-order valence-electron chi connectivity index (χ4n) is 1.87.